The summed E-state index contributed by atoms with van der Waals surface area (Å²) < 4.78 is 27.2. The maximum absolute atomic E-state index is 12.0. The third kappa shape index (κ3) is 5.52. The summed E-state index contributed by atoms with van der Waals surface area (Å²) in [5.74, 6) is 0.825. The van der Waals surface area contributed by atoms with Crippen LogP contribution in [-0.4, -0.2) is 52.5 Å². The summed E-state index contributed by atoms with van der Waals surface area (Å²) >= 11 is 6.80. The molecule has 22 heavy (non-hydrogen) atoms. The first-order valence-corrected chi connectivity index (χ1v) is 9.41. The third-order valence-electron chi connectivity index (χ3n) is 3.13. The van der Waals surface area contributed by atoms with Gasteiger partial charge in [0.15, 0.2) is 5.96 Å². The van der Waals surface area contributed by atoms with E-state index in [-0.39, 0.29) is 28.2 Å². The number of hydrogen-bond acceptors (Lipinski definition) is 4. The molecule has 1 aromatic heterocycles. The van der Waals surface area contributed by atoms with Crippen molar-refractivity contribution in [3.05, 3.63) is 16.5 Å². The first-order chi connectivity index (χ1) is 10.0. The molecular weight excluding hydrogens is 459 g/mol. The molecule has 126 valence electrons. The summed E-state index contributed by atoms with van der Waals surface area (Å²) in [4.78, 5) is 6.38. The number of thiophene rings is 1. The van der Waals surface area contributed by atoms with Gasteiger partial charge in [0.1, 0.15) is 4.21 Å². The molecule has 2 N–H and O–H groups in total. The fourth-order valence-corrected chi connectivity index (χ4v) is 4.69. The summed E-state index contributed by atoms with van der Waals surface area (Å²) in [5, 5.41) is 3.17. The fourth-order valence-electron chi connectivity index (χ4n) is 2.13. The molecule has 0 aromatic carbocycles. The van der Waals surface area contributed by atoms with Gasteiger partial charge >= 0.3 is 0 Å². The average molecular weight is 479 g/mol. The third-order valence-corrected chi connectivity index (χ3v) is 6.32. The lowest BCUT2D eigenvalue weighted by molar-refractivity contribution is 0.493. The quantitative estimate of drug-likeness (QED) is 0.294. The number of aliphatic imine (C=N–C) groups is 1. The molecule has 1 aliphatic rings. The normalized spacial score (nSPS) is 15.7. The molecule has 1 fully saturated rings. The van der Waals surface area contributed by atoms with E-state index in [0.29, 0.717) is 17.4 Å². The van der Waals surface area contributed by atoms with Crippen LogP contribution in [0.15, 0.2) is 21.3 Å². The second-order valence-electron chi connectivity index (χ2n) is 4.62. The molecule has 0 amide bonds. The van der Waals surface area contributed by atoms with E-state index in [1.54, 1.807) is 13.1 Å². The molecule has 0 atom stereocenters. The predicted octanol–water partition coefficient (Wildman–Crippen LogP) is 1.97. The van der Waals surface area contributed by atoms with E-state index in [1.165, 1.54) is 18.9 Å². The lowest BCUT2D eigenvalue weighted by atomic mass is 10.4. The molecule has 0 saturated carbocycles. The standard InChI is InChI=1S/C12H19ClN4O2S2.HI/c1-14-12(17-8-2-3-9-17)15-6-7-16-21(18,19)11-5-4-10(13)20-11;/h4-5,16H,2-3,6-9H2,1H3,(H,14,15);1H. The molecule has 1 saturated heterocycles. The van der Waals surface area contributed by atoms with Crippen molar-refractivity contribution < 1.29 is 8.42 Å². The number of rotatable bonds is 5. The number of nitrogens with zero attached hydrogens (tertiary/aromatic N) is 2. The van der Waals surface area contributed by atoms with E-state index in [9.17, 15) is 8.42 Å². The van der Waals surface area contributed by atoms with Crippen molar-refractivity contribution in [3.63, 3.8) is 0 Å². The monoisotopic (exact) mass is 478 g/mol. The topological polar surface area (TPSA) is 73.8 Å². The number of guanidine groups is 1. The number of hydrogen-bond donors (Lipinski definition) is 2. The molecule has 1 aliphatic heterocycles. The number of nitrogens with one attached hydrogen (secondary N) is 2. The van der Waals surface area contributed by atoms with Crippen molar-refractivity contribution in [1.82, 2.24) is 14.9 Å². The Labute approximate surface area is 157 Å². The number of sulfonamides is 1. The predicted molar refractivity (Wildman–Crippen MR) is 102 cm³/mol. The van der Waals surface area contributed by atoms with Gasteiger partial charge < -0.3 is 10.2 Å². The van der Waals surface area contributed by atoms with Gasteiger partial charge in [0, 0.05) is 33.2 Å². The van der Waals surface area contributed by atoms with Gasteiger partial charge in [-0.15, -0.1) is 35.3 Å². The SMILES string of the molecule is CN=C(NCCNS(=O)(=O)c1ccc(Cl)s1)N1CCCC1.I. The largest absolute Gasteiger partial charge is 0.355 e. The van der Waals surface area contributed by atoms with Crippen LogP contribution in [0.2, 0.25) is 4.34 Å². The Kier molecular flexibility index (Phi) is 8.39. The Morgan fingerprint density at radius 3 is 2.59 bits per heavy atom. The van der Waals surface area contributed by atoms with Crippen molar-refractivity contribution in [2.45, 2.75) is 17.1 Å². The van der Waals surface area contributed by atoms with Gasteiger partial charge in [-0.2, -0.15) is 0 Å². The van der Waals surface area contributed by atoms with Gasteiger partial charge in [0.2, 0.25) is 10.0 Å². The van der Waals surface area contributed by atoms with Crippen molar-refractivity contribution >= 4 is 62.9 Å². The molecule has 0 radical (unpaired) electrons. The van der Waals surface area contributed by atoms with E-state index in [0.717, 1.165) is 30.4 Å². The van der Waals surface area contributed by atoms with Gasteiger partial charge in [-0.05, 0) is 25.0 Å². The van der Waals surface area contributed by atoms with Crippen LogP contribution in [0, 0.1) is 0 Å². The van der Waals surface area contributed by atoms with Crippen molar-refractivity contribution in [2.75, 3.05) is 33.2 Å². The minimum Gasteiger partial charge on any atom is -0.355 e. The summed E-state index contributed by atoms with van der Waals surface area (Å²) in [6.07, 6.45) is 2.35. The summed E-state index contributed by atoms with van der Waals surface area (Å²) in [6, 6.07) is 3.08. The van der Waals surface area contributed by atoms with Crippen LogP contribution in [0.25, 0.3) is 0 Å². The highest BCUT2D eigenvalue weighted by Crippen LogP contribution is 2.25. The minimum absolute atomic E-state index is 0. The molecule has 0 unspecified atom stereocenters. The molecule has 1 aromatic rings. The van der Waals surface area contributed by atoms with Crippen LogP contribution >= 0.6 is 46.9 Å². The van der Waals surface area contributed by atoms with Crippen LogP contribution in [0.5, 0.6) is 0 Å². The molecule has 6 nitrogen and oxygen atoms in total. The zero-order valence-electron chi connectivity index (χ0n) is 12.2. The van der Waals surface area contributed by atoms with E-state index in [1.807, 2.05) is 0 Å². The first kappa shape index (κ1) is 19.9. The lowest BCUT2D eigenvalue weighted by Gasteiger charge is -2.20. The van der Waals surface area contributed by atoms with E-state index in [2.05, 4.69) is 19.9 Å². The highest BCUT2D eigenvalue weighted by atomic mass is 127. The summed E-state index contributed by atoms with van der Waals surface area (Å²) in [5.41, 5.74) is 0. The maximum atomic E-state index is 12.0. The second-order valence-corrected chi connectivity index (χ2v) is 8.33. The van der Waals surface area contributed by atoms with Gasteiger partial charge in [-0.25, -0.2) is 13.1 Å². The minimum atomic E-state index is -3.47. The Morgan fingerprint density at radius 1 is 1.36 bits per heavy atom. The zero-order valence-corrected chi connectivity index (χ0v) is 16.9. The Bertz CT molecular complexity index is 600. The maximum Gasteiger partial charge on any atom is 0.250 e. The van der Waals surface area contributed by atoms with Crippen LogP contribution in [0.1, 0.15) is 12.8 Å². The van der Waals surface area contributed by atoms with Gasteiger partial charge in [0.25, 0.3) is 0 Å². The lowest BCUT2D eigenvalue weighted by Crippen LogP contribution is -2.42. The van der Waals surface area contributed by atoms with Crippen LogP contribution in [0.4, 0.5) is 0 Å². The molecule has 2 heterocycles. The molecule has 0 spiro atoms. The van der Waals surface area contributed by atoms with Crippen LogP contribution in [0.3, 0.4) is 0 Å². The van der Waals surface area contributed by atoms with Crippen molar-refractivity contribution in [3.8, 4) is 0 Å². The van der Waals surface area contributed by atoms with Crippen molar-refractivity contribution in [2.24, 2.45) is 4.99 Å². The van der Waals surface area contributed by atoms with Gasteiger partial charge in [-0.3, -0.25) is 4.99 Å². The average Bonchev–Trinajstić information content (AvgIpc) is 3.10. The van der Waals surface area contributed by atoms with E-state index < -0.39 is 10.0 Å². The molecule has 0 bridgehead atoms. The number of likely N-dealkylation sites (tertiary alicyclic amines) is 1. The van der Waals surface area contributed by atoms with E-state index >= 15 is 0 Å². The molecule has 0 aliphatic carbocycles. The molecule has 10 heteroatoms. The fraction of sp³-hybridized carbons (Fsp3) is 0.583. The highest BCUT2D eigenvalue weighted by molar-refractivity contribution is 14.0. The van der Waals surface area contributed by atoms with Crippen molar-refractivity contribution in [1.29, 1.82) is 0 Å². The highest BCUT2D eigenvalue weighted by Gasteiger charge is 2.17. The summed E-state index contributed by atoms with van der Waals surface area (Å²) in [7, 11) is -1.74. The van der Waals surface area contributed by atoms with E-state index in [4.69, 9.17) is 11.6 Å². The molecular formula is C12H20ClIN4O2S2. The van der Waals surface area contributed by atoms with Crippen LogP contribution in [-0.2, 0) is 10.0 Å². The van der Waals surface area contributed by atoms with Gasteiger partial charge in [0.05, 0.1) is 4.34 Å². The first-order valence-electron chi connectivity index (χ1n) is 6.73. The zero-order chi connectivity index (χ0) is 15.3. The Morgan fingerprint density at radius 2 is 2.05 bits per heavy atom. The van der Waals surface area contributed by atoms with Gasteiger partial charge in [-0.1, -0.05) is 11.6 Å². The van der Waals surface area contributed by atoms with Crippen LogP contribution < -0.4 is 10.0 Å². The second kappa shape index (κ2) is 9.26. The number of halogens is 2. The Balaban J connectivity index is 0.00000242. The smallest absolute Gasteiger partial charge is 0.250 e. The molecule has 2 rings (SSSR count). The summed E-state index contributed by atoms with van der Waals surface area (Å²) in [6.45, 7) is 2.78. The Hall–Kier alpha value is -0.100.